The summed E-state index contributed by atoms with van der Waals surface area (Å²) in [5.74, 6) is -0.375. The number of nitrogens with zero attached hydrogens (tertiary/aromatic N) is 1. The first-order chi connectivity index (χ1) is 7.67. The standard InChI is InChI=1S/C12H17NO3/c1-3-13(4-2)10-6-5-7-11(8-10)16-9-12(14)15/h5-8H,3-4,9H2,1-2H3,(H,14,15). The van der Waals surface area contributed by atoms with Gasteiger partial charge in [0.15, 0.2) is 6.61 Å². The third-order valence-corrected chi connectivity index (χ3v) is 2.31. The highest BCUT2D eigenvalue weighted by atomic mass is 16.5. The van der Waals surface area contributed by atoms with E-state index in [1.165, 1.54) is 0 Å². The van der Waals surface area contributed by atoms with Gasteiger partial charge in [-0.1, -0.05) is 6.07 Å². The third-order valence-electron chi connectivity index (χ3n) is 2.31. The molecule has 0 heterocycles. The number of carboxylic acid groups (broad SMARTS) is 1. The Morgan fingerprint density at radius 2 is 2.06 bits per heavy atom. The fourth-order valence-corrected chi connectivity index (χ4v) is 1.50. The second-order valence-corrected chi connectivity index (χ2v) is 3.35. The number of carboxylic acids is 1. The summed E-state index contributed by atoms with van der Waals surface area (Å²) in [6.07, 6.45) is 0. The summed E-state index contributed by atoms with van der Waals surface area (Å²) >= 11 is 0. The molecule has 0 aromatic heterocycles. The molecule has 1 N–H and O–H groups in total. The number of carbonyl (C=O) groups is 1. The van der Waals surface area contributed by atoms with E-state index in [1.54, 1.807) is 6.07 Å². The lowest BCUT2D eigenvalue weighted by molar-refractivity contribution is -0.139. The number of benzene rings is 1. The Labute approximate surface area is 95.5 Å². The zero-order valence-corrected chi connectivity index (χ0v) is 9.64. The van der Waals surface area contributed by atoms with Crippen LogP contribution in [0.4, 0.5) is 5.69 Å². The van der Waals surface area contributed by atoms with Crippen molar-refractivity contribution in [1.29, 1.82) is 0 Å². The molecule has 1 aromatic rings. The average Bonchev–Trinajstić information content (AvgIpc) is 2.29. The quantitative estimate of drug-likeness (QED) is 0.801. The van der Waals surface area contributed by atoms with Gasteiger partial charge in [0.1, 0.15) is 5.75 Å². The maximum Gasteiger partial charge on any atom is 0.341 e. The Morgan fingerprint density at radius 1 is 1.38 bits per heavy atom. The largest absolute Gasteiger partial charge is 0.482 e. The fraction of sp³-hybridized carbons (Fsp3) is 0.417. The minimum absolute atomic E-state index is 0.304. The van der Waals surface area contributed by atoms with Gasteiger partial charge in [0.25, 0.3) is 0 Å². The number of ether oxygens (including phenoxy) is 1. The van der Waals surface area contributed by atoms with E-state index >= 15 is 0 Å². The first-order valence-corrected chi connectivity index (χ1v) is 5.37. The highest BCUT2D eigenvalue weighted by Crippen LogP contribution is 2.20. The van der Waals surface area contributed by atoms with Crippen molar-refractivity contribution in [2.24, 2.45) is 0 Å². The maximum atomic E-state index is 10.4. The molecule has 0 saturated carbocycles. The van der Waals surface area contributed by atoms with Gasteiger partial charge >= 0.3 is 5.97 Å². The van der Waals surface area contributed by atoms with Gasteiger partial charge in [-0.15, -0.1) is 0 Å². The number of aliphatic carboxylic acids is 1. The predicted octanol–water partition coefficient (Wildman–Crippen LogP) is 2.00. The van der Waals surface area contributed by atoms with Gasteiger partial charge < -0.3 is 14.7 Å². The van der Waals surface area contributed by atoms with Crippen molar-refractivity contribution in [3.63, 3.8) is 0 Å². The molecule has 0 amide bonds. The molecule has 0 atom stereocenters. The summed E-state index contributed by atoms with van der Waals surface area (Å²) < 4.78 is 5.12. The van der Waals surface area contributed by atoms with Crippen LogP contribution in [0.3, 0.4) is 0 Å². The molecule has 0 aliphatic rings. The summed E-state index contributed by atoms with van der Waals surface area (Å²) in [6, 6.07) is 7.47. The zero-order valence-electron chi connectivity index (χ0n) is 9.64. The first kappa shape index (κ1) is 12.4. The molecule has 0 saturated heterocycles. The van der Waals surface area contributed by atoms with Gasteiger partial charge in [-0.3, -0.25) is 0 Å². The first-order valence-electron chi connectivity index (χ1n) is 5.37. The number of anilines is 1. The molecule has 0 aliphatic carbocycles. The van der Waals surface area contributed by atoms with Crippen LogP contribution in [0.5, 0.6) is 5.75 Å². The van der Waals surface area contributed by atoms with Crippen molar-refractivity contribution in [1.82, 2.24) is 0 Å². The molecule has 16 heavy (non-hydrogen) atoms. The average molecular weight is 223 g/mol. The molecule has 0 bridgehead atoms. The fourth-order valence-electron chi connectivity index (χ4n) is 1.50. The topological polar surface area (TPSA) is 49.8 Å². The van der Waals surface area contributed by atoms with Crippen molar-refractivity contribution >= 4 is 11.7 Å². The van der Waals surface area contributed by atoms with Crippen LogP contribution in [-0.4, -0.2) is 30.8 Å². The molecule has 0 unspecified atom stereocenters. The van der Waals surface area contributed by atoms with Gasteiger partial charge in [0, 0.05) is 24.8 Å². The summed E-state index contributed by atoms with van der Waals surface area (Å²) in [5, 5.41) is 8.51. The van der Waals surface area contributed by atoms with Crippen molar-refractivity contribution in [3.8, 4) is 5.75 Å². The Balaban J connectivity index is 2.73. The molecule has 88 valence electrons. The molecular formula is C12H17NO3. The zero-order chi connectivity index (χ0) is 12.0. The highest BCUT2D eigenvalue weighted by molar-refractivity contribution is 5.68. The minimum atomic E-state index is -0.965. The highest BCUT2D eigenvalue weighted by Gasteiger charge is 2.04. The molecule has 1 rings (SSSR count). The summed E-state index contributed by atoms with van der Waals surface area (Å²) in [5.41, 5.74) is 1.05. The van der Waals surface area contributed by atoms with Crippen LogP contribution < -0.4 is 9.64 Å². The Bertz CT molecular complexity index is 348. The van der Waals surface area contributed by atoms with Crippen LogP contribution in [0, 0.1) is 0 Å². The normalized spacial score (nSPS) is 9.88. The van der Waals surface area contributed by atoms with Crippen molar-refractivity contribution in [3.05, 3.63) is 24.3 Å². The molecule has 4 nitrogen and oxygen atoms in total. The van der Waals surface area contributed by atoms with Gasteiger partial charge in [-0.25, -0.2) is 4.79 Å². The van der Waals surface area contributed by atoms with Crippen molar-refractivity contribution < 1.29 is 14.6 Å². The molecule has 4 heteroatoms. The van der Waals surface area contributed by atoms with Crippen LogP contribution in [-0.2, 0) is 4.79 Å². The number of hydrogen-bond donors (Lipinski definition) is 1. The Kier molecular flexibility index (Phi) is 4.64. The van der Waals surface area contributed by atoms with Gasteiger partial charge in [-0.05, 0) is 26.0 Å². The monoisotopic (exact) mass is 223 g/mol. The second kappa shape index (κ2) is 6.00. The Hall–Kier alpha value is -1.71. The molecule has 0 fully saturated rings. The summed E-state index contributed by atoms with van der Waals surface area (Å²) in [4.78, 5) is 12.5. The van der Waals surface area contributed by atoms with E-state index in [4.69, 9.17) is 9.84 Å². The van der Waals surface area contributed by atoms with Crippen LogP contribution in [0.2, 0.25) is 0 Å². The molecule has 0 aliphatic heterocycles. The van der Waals surface area contributed by atoms with Crippen molar-refractivity contribution in [2.45, 2.75) is 13.8 Å². The van der Waals surface area contributed by atoms with Gasteiger partial charge in [0.05, 0.1) is 0 Å². The minimum Gasteiger partial charge on any atom is -0.482 e. The van der Waals surface area contributed by atoms with Gasteiger partial charge in [0.2, 0.25) is 0 Å². The summed E-state index contributed by atoms with van der Waals surface area (Å²) in [6.45, 7) is 5.68. The summed E-state index contributed by atoms with van der Waals surface area (Å²) in [7, 11) is 0. The lowest BCUT2D eigenvalue weighted by atomic mass is 10.2. The Morgan fingerprint density at radius 3 is 2.62 bits per heavy atom. The van der Waals surface area contributed by atoms with E-state index < -0.39 is 5.97 Å². The smallest absolute Gasteiger partial charge is 0.341 e. The predicted molar refractivity (Wildman–Crippen MR) is 63.1 cm³/mol. The van der Waals surface area contributed by atoms with Crippen LogP contribution in [0.15, 0.2) is 24.3 Å². The molecule has 0 spiro atoms. The van der Waals surface area contributed by atoms with Crippen LogP contribution >= 0.6 is 0 Å². The number of hydrogen-bond acceptors (Lipinski definition) is 3. The van der Waals surface area contributed by atoms with E-state index in [1.807, 2.05) is 18.2 Å². The molecular weight excluding hydrogens is 206 g/mol. The van der Waals surface area contributed by atoms with E-state index in [0.717, 1.165) is 18.8 Å². The lowest BCUT2D eigenvalue weighted by Crippen LogP contribution is -2.21. The van der Waals surface area contributed by atoms with Crippen LogP contribution in [0.1, 0.15) is 13.8 Å². The van der Waals surface area contributed by atoms with E-state index in [0.29, 0.717) is 5.75 Å². The van der Waals surface area contributed by atoms with Crippen molar-refractivity contribution in [2.75, 3.05) is 24.6 Å². The third kappa shape index (κ3) is 3.46. The maximum absolute atomic E-state index is 10.4. The number of rotatable bonds is 6. The SMILES string of the molecule is CCN(CC)c1cccc(OCC(=O)O)c1. The van der Waals surface area contributed by atoms with E-state index in [-0.39, 0.29) is 6.61 Å². The van der Waals surface area contributed by atoms with Gasteiger partial charge in [-0.2, -0.15) is 0 Å². The van der Waals surface area contributed by atoms with Crippen LogP contribution in [0.25, 0.3) is 0 Å². The second-order valence-electron chi connectivity index (χ2n) is 3.35. The van der Waals surface area contributed by atoms with E-state index in [9.17, 15) is 4.79 Å². The molecule has 0 radical (unpaired) electrons. The molecule has 1 aromatic carbocycles. The van der Waals surface area contributed by atoms with E-state index in [2.05, 4.69) is 18.7 Å². The lowest BCUT2D eigenvalue weighted by Gasteiger charge is -2.21.